The normalized spacial score (nSPS) is 14.6. The number of pyridine rings is 1. The molecule has 0 spiro atoms. The zero-order chi connectivity index (χ0) is 36.5. The molecular weight excluding hydrogens is 683 g/mol. The van der Waals surface area contributed by atoms with Gasteiger partial charge in [0.05, 0.1) is 40.5 Å². The van der Waals surface area contributed by atoms with Crippen LogP contribution < -0.4 is 0 Å². The van der Waals surface area contributed by atoms with E-state index in [1.807, 2.05) is 48.7 Å². The van der Waals surface area contributed by atoms with Gasteiger partial charge in [-0.3, -0.25) is 14.0 Å². The van der Waals surface area contributed by atoms with Crippen LogP contribution in [0.3, 0.4) is 0 Å². The van der Waals surface area contributed by atoms with Crippen molar-refractivity contribution < 1.29 is 0 Å². The standard InChI is InChI=1S/C46H35N7S/c47-27-33-18-20-34(21-19-33)45-41(32-53(50-45)46(36-11-4-1-5-12-36,37-13-6-2-7-14-37)38-15-8-3-9-16-38)35-22-25-44-49-29-42(52(44)30-35)43-24-23-40(54-43)31-51-26-10-17-39(51)28-48/h1-9,11-16,18-25,29-30,32,39H,10,17,26,31H2/t39-/m0/s1. The molecule has 4 aromatic heterocycles. The molecular formula is C46H35N7S. The fourth-order valence-electron chi connectivity index (χ4n) is 7.89. The summed E-state index contributed by atoms with van der Waals surface area (Å²) < 4.78 is 4.28. The van der Waals surface area contributed by atoms with Crippen LogP contribution in [0.1, 0.15) is 40.0 Å². The Morgan fingerprint density at radius 3 is 2.00 bits per heavy atom. The average Bonchev–Trinajstić information content (AvgIpc) is 4.07. The van der Waals surface area contributed by atoms with Crippen LogP contribution in [0.4, 0.5) is 0 Å². The number of imidazole rings is 1. The number of hydrogen-bond acceptors (Lipinski definition) is 6. The Bertz CT molecular complexity index is 2550. The summed E-state index contributed by atoms with van der Waals surface area (Å²) in [7, 11) is 0. The summed E-state index contributed by atoms with van der Waals surface area (Å²) in [4.78, 5) is 9.44. The molecule has 4 aromatic carbocycles. The predicted molar refractivity (Wildman–Crippen MR) is 214 cm³/mol. The van der Waals surface area contributed by atoms with Crippen molar-refractivity contribution in [3.05, 3.63) is 185 Å². The summed E-state index contributed by atoms with van der Waals surface area (Å²) in [5, 5.41) is 24.8. The van der Waals surface area contributed by atoms with E-state index in [0.717, 1.165) is 81.2 Å². The highest BCUT2D eigenvalue weighted by atomic mass is 32.1. The third kappa shape index (κ3) is 5.79. The Morgan fingerprint density at radius 1 is 0.722 bits per heavy atom. The van der Waals surface area contributed by atoms with Gasteiger partial charge in [-0.2, -0.15) is 15.6 Å². The van der Waals surface area contributed by atoms with Gasteiger partial charge in [0.2, 0.25) is 0 Å². The highest BCUT2D eigenvalue weighted by molar-refractivity contribution is 7.15. The highest BCUT2D eigenvalue weighted by Gasteiger charge is 2.40. The summed E-state index contributed by atoms with van der Waals surface area (Å²) in [6.45, 7) is 1.74. The van der Waals surface area contributed by atoms with Crippen molar-refractivity contribution in [2.45, 2.75) is 31.0 Å². The number of thiophene rings is 1. The zero-order valence-corrected chi connectivity index (χ0v) is 30.3. The van der Waals surface area contributed by atoms with Crippen molar-refractivity contribution in [2.75, 3.05) is 6.54 Å². The van der Waals surface area contributed by atoms with E-state index in [1.165, 1.54) is 4.88 Å². The average molecular weight is 718 g/mol. The Kier molecular flexibility index (Phi) is 8.69. The number of fused-ring (bicyclic) bond motifs is 1. The van der Waals surface area contributed by atoms with Crippen molar-refractivity contribution in [3.8, 4) is 45.1 Å². The number of rotatable bonds is 9. The second-order valence-electron chi connectivity index (χ2n) is 13.6. The molecule has 0 radical (unpaired) electrons. The first-order chi connectivity index (χ1) is 26.6. The molecule has 0 N–H and O–H groups in total. The van der Waals surface area contributed by atoms with Crippen LogP contribution in [0.25, 0.3) is 38.6 Å². The molecule has 1 saturated heterocycles. The molecule has 0 aliphatic carbocycles. The molecule has 5 heterocycles. The minimum Gasteiger partial charge on any atom is -0.298 e. The largest absolute Gasteiger partial charge is 0.298 e. The van der Waals surface area contributed by atoms with Gasteiger partial charge in [-0.05, 0) is 72.5 Å². The fraction of sp³-hybridized carbons (Fsp3) is 0.130. The second-order valence-corrected chi connectivity index (χ2v) is 14.8. The lowest BCUT2D eigenvalue weighted by Gasteiger charge is -2.36. The first-order valence-electron chi connectivity index (χ1n) is 18.1. The van der Waals surface area contributed by atoms with Gasteiger partial charge in [0, 0.05) is 40.5 Å². The maximum Gasteiger partial charge on any atom is 0.138 e. The van der Waals surface area contributed by atoms with E-state index in [9.17, 15) is 10.5 Å². The number of nitrogens with zero attached hydrogens (tertiary/aromatic N) is 7. The lowest BCUT2D eigenvalue weighted by atomic mass is 9.77. The van der Waals surface area contributed by atoms with Crippen LogP contribution in [0, 0.1) is 22.7 Å². The number of nitriles is 2. The quantitative estimate of drug-likeness (QED) is 0.139. The summed E-state index contributed by atoms with van der Waals surface area (Å²) in [5.74, 6) is 0. The molecule has 1 aliphatic rings. The van der Waals surface area contributed by atoms with E-state index in [4.69, 9.17) is 10.1 Å². The van der Waals surface area contributed by atoms with Crippen molar-refractivity contribution >= 4 is 17.0 Å². The Morgan fingerprint density at radius 2 is 1.37 bits per heavy atom. The topological polar surface area (TPSA) is 85.9 Å². The van der Waals surface area contributed by atoms with Gasteiger partial charge in [-0.15, -0.1) is 11.3 Å². The molecule has 0 saturated carbocycles. The van der Waals surface area contributed by atoms with Crippen molar-refractivity contribution in [1.29, 1.82) is 10.5 Å². The number of likely N-dealkylation sites (tertiary alicyclic amines) is 1. The first kappa shape index (κ1) is 33.3. The fourth-order valence-corrected chi connectivity index (χ4v) is 8.93. The Hall–Kier alpha value is -6.58. The molecule has 1 fully saturated rings. The van der Waals surface area contributed by atoms with Gasteiger partial charge in [0.1, 0.15) is 16.9 Å². The van der Waals surface area contributed by atoms with Crippen molar-refractivity contribution in [3.63, 3.8) is 0 Å². The van der Waals surface area contributed by atoms with E-state index in [-0.39, 0.29) is 6.04 Å². The Labute approximate surface area is 318 Å². The number of benzene rings is 4. The minimum atomic E-state index is -0.805. The maximum absolute atomic E-state index is 9.63. The van der Waals surface area contributed by atoms with Gasteiger partial charge >= 0.3 is 0 Å². The molecule has 8 aromatic rings. The van der Waals surface area contributed by atoms with Crippen molar-refractivity contribution in [2.24, 2.45) is 0 Å². The third-order valence-corrected chi connectivity index (χ3v) is 11.6. The van der Waals surface area contributed by atoms with Crippen LogP contribution >= 0.6 is 11.3 Å². The van der Waals surface area contributed by atoms with Gasteiger partial charge in [0.15, 0.2) is 0 Å². The van der Waals surface area contributed by atoms with Gasteiger partial charge < -0.3 is 0 Å². The molecule has 1 atom stereocenters. The first-order valence-corrected chi connectivity index (χ1v) is 18.9. The van der Waals surface area contributed by atoms with E-state index in [1.54, 1.807) is 11.3 Å². The molecule has 0 bridgehead atoms. The Balaban J connectivity index is 1.23. The molecule has 54 heavy (non-hydrogen) atoms. The van der Waals surface area contributed by atoms with Gasteiger partial charge in [-0.1, -0.05) is 103 Å². The molecule has 9 rings (SSSR count). The smallest absolute Gasteiger partial charge is 0.138 e. The van der Waals surface area contributed by atoms with Crippen LogP contribution in [-0.4, -0.2) is 36.7 Å². The van der Waals surface area contributed by atoms with Crippen LogP contribution in [0.2, 0.25) is 0 Å². The molecule has 1 aliphatic heterocycles. The zero-order valence-electron chi connectivity index (χ0n) is 29.5. The SMILES string of the molecule is N#Cc1ccc(-c2nn(C(c3ccccc3)(c3ccccc3)c3ccccc3)cc2-c2ccc3ncc(-c4ccc(CN5CCC[C@H]5C#N)s4)n3c2)cc1. The second kappa shape index (κ2) is 14.1. The molecule has 260 valence electrons. The maximum atomic E-state index is 9.63. The lowest BCUT2D eigenvalue weighted by Crippen LogP contribution is -2.38. The number of aromatic nitrogens is 4. The van der Waals surface area contributed by atoms with Crippen LogP contribution in [-0.2, 0) is 12.1 Å². The van der Waals surface area contributed by atoms with Gasteiger partial charge in [-0.25, -0.2) is 4.98 Å². The summed E-state index contributed by atoms with van der Waals surface area (Å²) in [6.07, 6.45) is 8.28. The third-order valence-electron chi connectivity index (χ3n) is 10.5. The lowest BCUT2D eigenvalue weighted by molar-refractivity contribution is 0.289. The van der Waals surface area contributed by atoms with Crippen LogP contribution in [0.15, 0.2) is 158 Å². The molecule has 0 amide bonds. The summed E-state index contributed by atoms with van der Waals surface area (Å²) >= 11 is 1.76. The monoisotopic (exact) mass is 717 g/mol. The van der Waals surface area contributed by atoms with E-state index >= 15 is 0 Å². The highest BCUT2D eigenvalue weighted by Crippen LogP contribution is 2.43. The van der Waals surface area contributed by atoms with Crippen molar-refractivity contribution in [1.82, 2.24) is 24.1 Å². The van der Waals surface area contributed by atoms with E-state index in [2.05, 4.69) is 136 Å². The molecule has 7 nitrogen and oxygen atoms in total. The molecule has 8 heteroatoms. The van der Waals surface area contributed by atoms with Crippen LogP contribution in [0.5, 0.6) is 0 Å². The number of hydrogen-bond donors (Lipinski definition) is 0. The predicted octanol–water partition coefficient (Wildman–Crippen LogP) is 9.79. The summed E-state index contributed by atoms with van der Waals surface area (Å²) in [5.41, 5.74) is 8.57. The molecule has 0 unspecified atom stereocenters. The van der Waals surface area contributed by atoms with E-state index < -0.39 is 5.54 Å². The minimum absolute atomic E-state index is 0.00969. The van der Waals surface area contributed by atoms with E-state index in [0.29, 0.717) is 5.56 Å². The van der Waals surface area contributed by atoms with Gasteiger partial charge in [0.25, 0.3) is 0 Å². The summed E-state index contributed by atoms with van der Waals surface area (Å²) in [6, 6.07) is 52.6.